The summed E-state index contributed by atoms with van der Waals surface area (Å²) < 4.78 is 57.1. The second-order valence-electron chi connectivity index (χ2n) is 17.6. The molecular weight excluding hydrogens is 1350 g/mol. The van der Waals surface area contributed by atoms with E-state index in [2.05, 4.69) is 24.9 Å². The van der Waals surface area contributed by atoms with Gasteiger partial charge in [0.05, 0.1) is 79.2 Å². The van der Waals surface area contributed by atoms with Crippen LogP contribution in [0.25, 0.3) is 44.4 Å². The number of hydrogen-bond donors (Lipinski definition) is 6. The van der Waals surface area contributed by atoms with Gasteiger partial charge in [0.25, 0.3) is 5.56 Å². The average molecular weight is 1410 g/mol. The van der Waals surface area contributed by atoms with Crippen molar-refractivity contribution < 1.29 is 105 Å². The number of ether oxygens (including phenoxy) is 4. The van der Waals surface area contributed by atoms with Gasteiger partial charge < -0.3 is 49.8 Å². The van der Waals surface area contributed by atoms with Crippen LogP contribution in [-0.4, -0.2) is 111 Å². The molecule has 0 aliphatic heterocycles. The molecular formula is C62H56Cl5N6NaO18S. The molecule has 0 radical (unpaired) electrons. The summed E-state index contributed by atoms with van der Waals surface area (Å²) in [6.07, 6.45) is -0.130. The Hall–Kier alpha value is -8.38. The summed E-state index contributed by atoms with van der Waals surface area (Å²) in [6.45, 7) is 3.11. The summed E-state index contributed by atoms with van der Waals surface area (Å²) in [5.41, 5.74) is 4.06. The number of hydrogen-bond acceptors (Lipinski definition) is 19. The van der Waals surface area contributed by atoms with Crippen molar-refractivity contribution in [1.82, 2.24) is 31.1 Å². The number of ketones is 2. The SMILES string of the molecule is CC[O-].COc1ccc(-c2cc3nc(Cl)ccc3c(=O)[nH]2)cc1.COc1ccc(-c2cc3nc(Cl)ccc3c(=O)o2)cc1.COc1ccc(C(=O)Cc2nc(Cl)ccc2C(=O)O)cc1.COc1ccc(C(C)=O)cc1.N.O=C(O)c1ccc(Cl)nc1Cl.O=S(=O)(O)O.[Na+]. The number of halogens is 5. The maximum absolute atomic E-state index is 12.2. The molecule has 0 unspecified atom stereocenters. The Morgan fingerprint density at radius 3 is 1.35 bits per heavy atom. The molecule has 0 bridgehead atoms. The maximum atomic E-state index is 12.2. The van der Waals surface area contributed by atoms with Crippen molar-refractivity contribution in [2.24, 2.45) is 0 Å². The maximum Gasteiger partial charge on any atom is 1.00 e. The third-order valence-corrected chi connectivity index (χ3v) is 12.6. The summed E-state index contributed by atoms with van der Waals surface area (Å²) in [5.74, 6) is 0.933. The standard InChI is InChI=1S/C15H11ClN2O2.C15H12ClNO4.C15H10ClNO3.C9H10O2.C6H3Cl2NO2.C2H5O.H3N.Na.H2O4S/c1-20-10-4-2-9(3-5-10)12-8-13-11(15(19)18-12)6-7-14(16)17-13;1-21-10-4-2-9(3-5-10)13(18)8-12-11(15(19)20)6-7-14(16)17-12;1-19-10-4-2-9(3-5-10)13-8-12-11(15(18)20-13)6-7-14(16)17-12;1-7(10)8-3-5-9(11-2)6-4-8;7-4-2-1-3(6(10)11)5(8)9-4;1-2-3;;;1-5(2,3)4/h2-8H,1H3,(H,18,19);2-7H,8H2,1H3,(H,19,20);2-8H,1H3;3-6H,1-2H3;1-2H,(H,10,11);2H2,1H3;1H3;;(H2,1,2,3,4)/q;;;;;-1;;+1;. The Labute approximate surface area is 578 Å². The van der Waals surface area contributed by atoms with Crippen LogP contribution in [-0.2, 0) is 16.8 Å². The number of carbonyl (C=O) groups excluding carboxylic acids is 2. The van der Waals surface area contributed by atoms with E-state index in [1.165, 1.54) is 31.4 Å². The largest absolute Gasteiger partial charge is 1.00 e. The summed E-state index contributed by atoms with van der Waals surface area (Å²) in [5, 5.41) is 28.4. The topological polar surface area (TPSA) is 393 Å². The number of carbonyl (C=O) groups is 4. The molecule has 24 nitrogen and oxygen atoms in total. The van der Waals surface area contributed by atoms with Gasteiger partial charge in [0.2, 0.25) is 0 Å². The van der Waals surface area contributed by atoms with Gasteiger partial charge in [0.15, 0.2) is 11.6 Å². The van der Waals surface area contributed by atoms with Gasteiger partial charge in [-0.3, -0.25) is 23.5 Å². The van der Waals surface area contributed by atoms with Gasteiger partial charge in [-0.2, -0.15) is 8.42 Å². The number of carboxylic acids is 2. The van der Waals surface area contributed by atoms with E-state index >= 15 is 0 Å². The zero-order chi connectivity index (χ0) is 67.5. The fourth-order valence-electron chi connectivity index (χ4n) is 7.21. The van der Waals surface area contributed by atoms with Gasteiger partial charge in [0.1, 0.15) is 54.5 Å². The van der Waals surface area contributed by atoms with Crippen LogP contribution in [0, 0.1) is 0 Å². The van der Waals surface area contributed by atoms with E-state index in [1.54, 1.807) is 126 Å². The normalized spacial score (nSPS) is 9.96. The number of Topliss-reactive ketones (excluding diaryl/α,β-unsaturated/α-hetero) is 2. The van der Waals surface area contributed by atoms with Gasteiger partial charge in [-0.25, -0.2) is 34.3 Å². The van der Waals surface area contributed by atoms with Crippen molar-refractivity contribution in [3.05, 3.63) is 232 Å². The Balaban J connectivity index is 0.000000390. The van der Waals surface area contributed by atoms with Crippen LogP contribution in [0.2, 0.25) is 25.8 Å². The Morgan fingerprint density at radius 1 is 0.548 bits per heavy atom. The van der Waals surface area contributed by atoms with Crippen molar-refractivity contribution in [2.45, 2.75) is 20.3 Å². The molecule has 484 valence electrons. The molecule has 31 heteroatoms. The number of aromatic amines is 1. The zero-order valence-electron chi connectivity index (χ0n) is 50.2. The monoisotopic (exact) mass is 1400 g/mol. The van der Waals surface area contributed by atoms with Crippen LogP contribution in [0.1, 0.15) is 61.0 Å². The van der Waals surface area contributed by atoms with Gasteiger partial charge in [0, 0.05) is 22.8 Å². The molecule has 6 heterocycles. The number of nitrogens with one attached hydrogen (secondary N) is 1. The number of fused-ring (bicyclic) bond motifs is 2. The van der Waals surface area contributed by atoms with Crippen LogP contribution in [0.5, 0.6) is 23.0 Å². The summed E-state index contributed by atoms with van der Waals surface area (Å²) in [6, 6.07) is 43.6. The molecule has 0 saturated carbocycles. The molecule has 8 N–H and O–H groups in total. The molecule has 0 aliphatic carbocycles. The fourth-order valence-corrected chi connectivity index (χ4v) is 8.11. The van der Waals surface area contributed by atoms with Gasteiger partial charge in [-0.1, -0.05) is 64.9 Å². The molecule has 6 aromatic heterocycles. The Morgan fingerprint density at radius 2 is 0.925 bits per heavy atom. The van der Waals surface area contributed by atoms with E-state index in [4.69, 9.17) is 114 Å². The zero-order valence-corrected chi connectivity index (χ0v) is 56.8. The first-order valence-electron chi connectivity index (χ1n) is 25.7. The minimum absolute atomic E-state index is 0. The molecule has 10 aromatic rings. The van der Waals surface area contributed by atoms with Crippen molar-refractivity contribution in [3.63, 3.8) is 0 Å². The number of H-pyrrole nitrogens is 1. The Kier molecular flexibility index (Phi) is 34.6. The first kappa shape index (κ1) is 80.7. The van der Waals surface area contributed by atoms with Gasteiger partial charge >= 0.3 is 57.5 Å². The van der Waals surface area contributed by atoms with Crippen molar-refractivity contribution >= 4 is 114 Å². The fraction of sp³-hybridized carbons (Fsp3) is 0.129. The summed E-state index contributed by atoms with van der Waals surface area (Å²) in [4.78, 5) is 87.1. The van der Waals surface area contributed by atoms with E-state index in [0.29, 0.717) is 60.4 Å². The number of methoxy groups -OCH3 is 4. The second kappa shape index (κ2) is 39.9. The smallest absolute Gasteiger partial charge is 0.855 e. The van der Waals surface area contributed by atoms with Crippen LogP contribution in [0.3, 0.4) is 0 Å². The molecule has 0 fully saturated rings. The van der Waals surface area contributed by atoms with Crippen molar-refractivity contribution in [2.75, 3.05) is 35.0 Å². The van der Waals surface area contributed by atoms with Crippen LogP contribution in [0.4, 0.5) is 0 Å². The van der Waals surface area contributed by atoms with E-state index in [1.807, 2.05) is 42.5 Å². The van der Waals surface area contributed by atoms with Crippen molar-refractivity contribution in [1.29, 1.82) is 0 Å². The number of rotatable bonds is 12. The van der Waals surface area contributed by atoms with Crippen LogP contribution >= 0.6 is 58.0 Å². The molecule has 0 saturated heterocycles. The molecule has 10 rings (SSSR count). The number of benzene rings is 4. The van der Waals surface area contributed by atoms with E-state index < -0.39 is 28.0 Å². The van der Waals surface area contributed by atoms with Crippen molar-refractivity contribution in [3.8, 4) is 45.6 Å². The number of nitrogens with zero attached hydrogens (tertiary/aromatic N) is 4. The first-order chi connectivity index (χ1) is 43.1. The first-order valence-corrected chi connectivity index (χ1v) is 29.0. The predicted molar refractivity (Wildman–Crippen MR) is 348 cm³/mol. The van der Waals surface area contributed by atoms with Crippen LogP contribution < -0.4 is 70.9 Å². The van der Waals surface area contributed by atoms with Gasteiger partial charge in [-0.05, 0) is 164 Å². The Bertz CT molecular complexity index is 4220. The van der Waals surface area contributed by atoms with E-state index in [9.17, 15) is 28.8 Å². The van der Waals surface area contributed by atoms with Gasteiger partial charge in [-0.15, -0.1) is 6.61 Å². The summed E-state index contributed by atoms with van der Waals surface area (Å²) in [7, 11) is 1.67. The average Bonchev–Trinajstić information content (AvgIpc) is 3.39. The number of aromatic carboxylic acids is 2. The molecule has 93 heavy (non-hydrogen) atoms. The third-order valence-electron chi connectivity index (χ3n) is 11.5. The molecule has 0 spiro atoms. The van der Waals surface area contributed by atoms with E-state index in [-0.39, 0.29) is 98.1 Å². The quantitative estimate of drug-likeness (QED) is 0.0287. The molecule has 4 aromatic carbocycles. The molecule has 0 atom stereocenters. The minimum atomic E-state index is -4.67. The summed E-state index contributed by atoms with van der Waals surface area (Å²) >= 11 is 28.4. The number of carboxylic acid groups (broad SMARTS) is 2. The number of aromatic nitrogens is 5. The molecule has 0 aliphatic rings. The van der Waals surface area contributed by atoms with Crippen LogP contribution in [0.15, 0.2) is 172 Å². The molecule has 0 amide bonds. The minimum Gasteiger partial charge on any atom is -0.855 e. The second-order valence-corrected chi connectivity index (χ2v) is 20.4. The van der Waals surface area contributed by atoms with E-state index in [0.717, 1.165) is 28.4 Å². The predicted octanol–water partition coefficient (Wildman–Crippen LogP) is 9.50. The number of pyridine rings is 5. The third kappa shape index (κ3) is 27.0.